The second kappa shape index (κ2) is 14.7. The van der Waals surface area contributed by atoms with E-state index in [1.807, 2.05) is 58.0 Å². The minimum atomic E-state index is -1.07. The second-order valence-electron chi connectivity index (χ2n) is 12.8. The van der Waals surface area contributed by atoms with Crippen molar-refractivity contribution in [1.29, 1.82) is 0 Å². The van der Waals surface area contributed by atoms with Crippen molar-refractivity contribution in [1.82, 2.24) is 19.9 Å². The molecule has 2 aromatic heterocycles. The van der Waals surface area contributed by atoms with Gasteiger partial charge in [0.1, 0.15) is 5.82 Å². The highest BCUT2D eigenvalue weighted by molar-refractivity contribution is 9.10. The van der Waals surface area contributed by atoms with E-state index in [1.54, 1.807) is 23.6 Å². The standard InChI is InChI=1S/C35H44BrN5O5/c1-8-10-15-35(7)16-18-40(19-17-35)32-29(30(33(44)45-9-2)46-34(4,5)6)23(3)38-28-21-27(39-41(28)32)31(43)37-22-25(42)20-24-13-11-12-14-26(24)36/h8,10-15,21,30H,1,9,16-20,22H2,2-7H3,(H,37,43)/b15-10+/t30-/m0/s1. The number of benzene rings is 1. The fourth-order valence-corrected chi connectivity index (χ4v) is 5.94. The van der Waals surface area contributed by atoms with Gasteiger partial charge < -0.3 is 19.7 Å². The Morgan fingerprint density at radius 3 is 2.52 bits per heavy atom. The number of rotatable bonds is 12. The van der Waals surface area contributed by atoms with Crippen LogP contribution in [0.1, 0.15) is 80.9 Å². The van der Waals surface area contributed by atoms with E-state index in [1.165, 1.54) is 0 Å². The molecule has 0 unspecified atom stereocenters. The molecule has 1 fully saturated rings. The molecule has 3 heterocycles. The van der Waals surface area contributed by atoms with Gasteiger partial charge in [0.2, 0.25) is 0 Å². The number of Topliss-reactive ketones (excluding diaryl/α,β-unsaturated/α-hetero) is 1. The number of nitrogens with zero attached hydrogens (tertiary/aromatic N) is 4. The van der Waals surface area contributed by atoms with Crippen LogP contribution in [0.3, 0.4) is 0 Å². The number of aromatic nitrogens is 3. The van der Waals surface area contributed by atoms with Crippen LogP contribution in [-0.2, 0) is 25.5 Å². The predicted molar refractivity (Wildman–Crippen MR) is 182 cm³/mol. The van der Waals surface area contributed by atoms with Crippen LogP contribution >= 0.6 is 15.9 Å². The molecule has 46 heavy (non-hydrogen) atoms. The molecule has 4 rings (SSSR count). The second-order valence-corrected chi connectivity index (χ2v) is 13.7. The Bertz CT molecular complexity index is 1630. The first-order chi connectivity index (χ1) is 21.7. The summed E-state index contributed by atoms with van der Waals surface area (Å²) in [6, 6.07) is 9.08. The number of nitrogens with one attached hydrogen (secondary N) is 1. The number of esters is 1. The SMILES string of the molecule is C=C/C=C/C1(C)CCN(c2c([C@H](OC(C)(C)C)C(=O)OCC)c(C)nc3cc(C(=O)NCC(=O)Cc4ccccc4Br)nn23)CC1. The van der Waals surface area contributed by atoms with Crippen LogP contribution in [0.5, 0.6) is 0 Å². The number of hydrogen-bond acceptors (Lipinski definition) is 8. The minimum absolute atomic E-state index is 0.0223. The number of amides is 1. The van der Waals surface area contributed by atoms with E-state index in [0.29, 0.717) is 35.8 Å². The van der Waals surface area contributed by atoms with Crippen LogP contribution in [0.25, 0.3) is 5.65 Å². The first kappa shape index (κ1) is 35.0. The number of carbonyl (C=O) groups excluding carboxylic acids is 3. The van der Waals surface area contributed by atoms with Crippen LogP contribution in [-0.4, -0.2) is 64.1 Å². The lowest BCUT2D eigenvalue weighted by molar-refractivity contribution is -0.166. The summed E-state index contributed by atoms with van der Waals surface area (Å²) in [5, 5.41) is 7.39. The average molecular weight is 695 g/mol. The van der Waals surface area contributed by atoms with Gasteiger partial charge in [-0.2, -0.15) is 9.61 Å². The Labute approximate surface area is 279 Å². The fraction of sp³-hybridized carbons (Fsp3) is 0.457. The molecule has 0 aliphatic carbocycles. The first-order valence-electron chi connectivity index (χ1n) is 15.6. The molecule has 1 aliphatic heterocycles. The summed E-state index contributed by atoms with van der Waals surface area (Å²) in [4.78, 5) is 46.4. The highest BCUT2D eigenvalue weighted by Crippen LogP contribution is 2.39. The number of ketones is 1. The molecule has 1 saturated heterocycles. The van der Waals surface area contributed by atoms with Gasteiger partial charge in [0.25, 0.3) is 5.91 Å². The summed E-state index contributed by atoms with van der Waals surface area (Å²) in [7, 11) is 0. The molecule has 0 spiro atoms. The van der Waals surface area contributed by atoms with E-state index in [9.17, 15) is 14.4 Å². The Hall–Kier alpha value is -3.83. The predicted octanol–water partition coefficient (Wildman–Crippen LogP) is 6.11. The zero-order valence-corrected chi connectivity index (χ0v) is 29.1. The van der Waals surface area contributed by atoms with Crippen LogP contribution in [0, 0.1) is 12.3 Å². The smallest absolute Gasteiger partial charge is 0.340 e. The van der Waals surface area contributed by atoms with Gasteiger partial charge in [-0.1, -0.05) is 65.9 Å². The third-order valence-corrected chi connectivity index (χ3v) is 8.68. The highest BCUT2D eigenvalue weighted by atomic mass is 79.9. The maximum Gasteiger partial charge on any atom is 0.340 e. The molecule has 0 bridgehead atoms. The molecular formula is C35H44BrN5O5. The minimum Gasteiger partial charge on any atom is -0.464 e. The number of fused-ring (bicyclic) bond motifs is 1. The molecule has 1 N–H and O–H groups in total. The lowest BCUT2D eigenvalue weighted by Gasteiger charge is -2.40. The first-order valence-corrected chi connectivity index (χ1v) is 16.4. The van der Waals surface area contributed by atoms with Crippen molar-refractivity contribution in [3.05, 3.63) is 82.1 Å². The topological polar surface area (TPSA) is 115 Å². The van der Waals surface area contributed by atoms with Crippen molar-refractivity contribution in [3.63, 3.8) is 0 Å². The largest absolute Gasteiger partial charge is 0.464 e. The Kier molecular flexibility index (Phi) is 11.2. The number of hydrogen-bond donors (Lipinski definition) is 1. The molecule has 0 saturated carbocycles. The third-order valence-electron chi connectivity index (χ3n) is 7.90. The fourth-order valence-electron chi connectivity index (χ4n) is 5.52. The molecule has 10 nitrogen and oxygen atoms in total. The van der Waals surface area contributed by atoms with Crippen LogP contribution in [0.15, 0.2) is 59.6 Å². The van der Waals surface area contributed by atoms with E-state index >= 15 is 0 Å². The van der Waals surface area contributed by atoms with Crippen molar-refractivity contribution in [2.45, 2.75) is 72.5 Å². The highest BCUT2D eigenvalue weighted by Gasteiger charge is 2.37. The zero-order valence-electron chi connectivity index (χ0n) is 27.6. The number of halogens is 1. The number of carbonyl (C=O) groups is 3. The monoisotopic (exact) mass is 693 g/mol. The van der Waals surface area contributed by atoms with E-state index in [-0.39, 0.29) is 36.5 Å². The van der Waals surface area contributed by atoms with Crippen molar-refractivity contribution in [2.24, 2.45) is 5.41 Å². The average Bonchev–Trinajstić information content (AvgIpc) is 3.42. The third kappa shape index (κ3) is 8.50. The molecular weight excluding hydrogens is 650 g/mol. The van der Waals surface area contributed by atoms with Gasteiger partial charge in [0.05, 0.1) is 24.3 Å². The van der Waals surface area contributed by atoms with Crippen LogP contribution in [0.4, 0.5) is 5.82 Å². The van der Waals surface area contributed by atoms with Crippen molar-refractivity contribution >= 4 is 45.1 Å². The van der Waals surface area contributed by atoms with Gasteiger partial charge >= 0.3 is 5.97 Å². The molecule has 1 aliphatic rings. The normalized spacial score (nSPS) is 15.6. The lowest BCUT2D eigenvalue weighted by Crippen LogP contribution is -2.40. The summed E-state index contributed by atoms with van der Waals surface area (Å²) in [6.07, 6.45) is 6.74. The van der Waals surface area contributed by atoms with E-state index in [4.69, 9.17) is 14.5 Å². The lowest BCUT2D eigenvalue weighted by atomic mass is 9.80. The number of allylic oxidation sites excluding steroid dienone is 3. The number of ether oxygens (including phenoxy) is 2. The van der Waals surface area contributed by atoms with Crippen molar-refractivity contribution in [2.75, 3.05) is 31.1 Å². The maximum atomic E-state index is 13.4. The quantitative estimate of drug-likeness (QED) is 0.179. The molecule has 1 amide bonds. The van der Waals surface area contributed by atoms with Crippen LogP contribution in [0.2, 0.25) is 0 Å². The summed E-state index contributed by atoms with van der Waals surface area (Å²) >= 11 is 3.46. The van der Waals surface area contributed by atoms with Crippen LogP contribution < -0.4 is 10.2 Å². The van der Waals surface area contributed by atoms with Gasteiger partial charge in [0.15, 0.2) is 23.2 Å². The molecule has 246 valence electrons. The summed E-state index contributed by atoms with van der Waals surface area (Å²) in [6.45, 7) is 16.6. The van der Waals surface area contributed by atoms with Crippen molar-refractivity contribution in [3.8, 4) is 0 Å². The zero-order chi connectivity index (χ0) is 33.6. The van der Waals surface area contributed by atoms with Gasteiger partial charge in [0, 0.05) is 35.7 Å². The molecule has 0 radical (unpaired) electrons. The molecule has 11 heteroatoms. The molecule has 1 aromatic carbocycles. The van der Waals surface area contributed by atoms with E-state index < -0.39 is 23.6 Å². The van der Waals surface area contributed by atoms with Gasteiger partial charge in [-0.05, 0) is 64.5 Å². The summed E-state index contributed by atoms with van der Waals surface area (Å²) in [5.41, 5.74) is 1.81. The summed E-state index contributed by atoms with van der Waals surface area (Å²) in [5.74, 6) is -0.528. The van der Waals surface area contributed by atoms with E-state index in [0.717, 1.165) is 22.9 Å². The number of piperidine rings is 1. The Balaban J connectivity index is 1.72. The van der Waals surface area contributed by atoms with Gasteiger partial charge in [-0.25, -0.2) is 9.78 Å². The Morgan fingerprint density at radius 1 is 1.20 bits per heavy atom. The van der Waals surface area contributed by atoms with Gasteiger partial charge in [-0.3, -0.25) is 9.59 Å². The number of anilines is 1. The Morgan fingerprint density at radius 2 is 1.89 bits per heavy atom. The molecule has 3 aromatic rings. The maximum absolute atomic E-state index is 13.4. The van der Waals surface area contributed by atoms with Gasteiger partial charge in [-0.15, -0.1) is 0 Å². The number of aryl methyl sites for hydroxylation is 1. The van der Waals surface area contributed by atoms with E-state index in [2.05, 4.69) is 50.8 Å². The molecule has 1 atom stereocenters. The van der Waals surface area contributed by atoms with Crippen molar-refractivity contribution < 1.29 is 23.9 Å². The summed E-state index contributed by atoms with van der Waals surface area (Å²) < 4.78 is 14.3.